The van der Waals surface area contributed by atoms with E-state index in [9.17, 15) is 4.79 Å². The lowest BCUT2D eigenvalue weighted by Crippen LogP contribution is -2.21. The molecule has 0 N–H and O–H groups in total. The molecule has 2 atom stereocenters. The molecule has 0 amide bonds. The first-order valence-electron chi connectivity index (χ1n) is 5.74. The van der Waals surface area contributed by atoms with Crippen LogP contribution in [0.2, 0.25) is 0 Å². The number of fused-ring (bicyclic) bond motifs is 1. The van der Waals surface area contributed by atoms with Crippen LogP contribution in [-0.4, -0.2) is 6.29 Å². The van der Waals surface area contributed by atoms with Crippen molar-refractivity contribution in [2.24, 2.45) is 11.8 Å². The summed E-state index contributed by atoms with van der Waals surface area (Å²) < 4.78 is 0. The summed E-state index contributed by atoms with van der Waals surface area (Å²) in [5.74, 6) is 0.761. The van der Waals surface area contributed by atoms with Crippen LogP contribution in [0.3, 0.4) is 0 Å². The van der Waals surface area contributed by atoms with E-state index in [1.165, 1.54) is 16.7 Å². The maximum Gasteiger partial charge on any atom is 0.123 e. The largest absolute Gasteiger partial charge is 0.303 e. The molecule has 2 rings (SSSR count). The molecular formula is C14H18O. The van der Waals surface area contributed by atoms with E-state index in [1.807, 2.05) is 6.92 Å². The molecule has 0 saturated carbocycles. The lowest BCUT2D eigenvalue weighted by Gasteiger charge is -2.27. The summed E-state index contributed by atoms with van der Waals surface area (Å²) in [6, 6.07) is 6.69. The second-order valence-corrected chi connectivity index (χ2v) is 4.77. The third-order valence-electron chi connectivity index (χ3n) is 3.59. The molecule has 0 radical (unpaired) electrons. The van der Waals surface area contributed by atoms with Crippen molar-refractivity contribution in [1.29, 1.82) is 0 Å². The molecule has 1 heteroatoms. The maximum absolute atomic E-state index is 10.8. The van der Waals surface area contributed by atoms with Crippen LogP contribution in [0.15, 0.2) is 18.2 Å². The number of aldehydes is 1. The number of hydrogen-bond donors (Lipinski definition) is 0. The average molecular weight is 202 g/mol. The second kappa shape index (κ2) is 4.18. The van der Waals surface area contributed by atoms with Crippen LogP contribution in [0, 0.1) is 18.8 Å². The van der Waals surface area contributed by atoms with Gasteiger partial charge in [-0.25, -0.2) is 0 Å². The van der Waals surface area contributed by atoms with Gasteiger partial charge in [0.15, 0.2) is 0 Å². The Morgan fingerprint density at radius 2 is 2.20 bits per heavy atom. The lowest BCUT2D eigenvalue weighted by atomic mass is 9.78. The number of benzene rings is 1. The summed E-state index contributed by atoms with van der Waals surface area (Å²) in [4.78, 5) is 10.8. The fraction of sp³-hybridized carbons (Fsp3) is 0.500. The summed E-state index contributed by atoms with van der Waals surface area (Å²) in [5.41, 5.74) is 4.28. The Bertz CT molecular complexity index is 368. The first-order valence-corrected chi connectivity index (χ1v) is 5.74. The molecule has 0 aromatic heterocycles. The van der Waals surface area contributed by atoms with Crippen molar-refractivity contribution < 1.29 is 4.79 Å². The molecule has 2 unspecified atom stereocenters. The van der Waals surface area contributed by atoms with Crippen molar-refractivity contribution in [3.63, 3.8) is 0 Å². The molecular weight excluding hydrogens is 184 g/mol. The minimum atomic E-state index is 0.208. The van der Waals surface area contributed by atoms with Gasteiger partial charge in [-0.3, -0.25) is 0 Å². The summed E-state index contributed by atoms with van der Waals surface area (Å²) in [7, 11) is 0. The minimum Gasteiger partial charge on any atom is -0.303 e. The van der Waals surface area contributed by atoms with E-state index in [4.69, 9.17) is 0 Å². The van der Waals surface area contributed by atoms with E-state index in [-0.39, 0.29) is 5.92 Å². The van der Waals surface area contributed by atoms with Crippen LogP contribution in [0.25, 0.3) is 0 Å². The molecule has 80 valence electrons. The summed E-state index contributed by atoms with van der Waals surface area (Å²) in [5, 5.41) is 0. The molecule has 0 heterocycles. The number of aryl methyl sites for hydroxylation is 2. The molecule has 1 aromatic carbocycles. The molecule has 1 aromatic rings. The first kappa shape index (κ1) is 10.4. The highest BCUT2D eigenvalue weighted by atomic mass is 16.1. The van der Waals surface area contributed by atoms with Gasteiger partial charge in [0.25, 0.3) is 0 Å². The molecule has 0 saturated heterocycles. The standard InChI is InChI=1S/C14H18O/c1-10-3-4-14-8-12(11(2)9-15)5-6-13(14)7-10/h3-4,7,9,11-12H,5-6,8H2,1-2H3. The monoisotopic (exact) mass is 202 g/mol. The highest BCUT2D eigenvalue weighted by molar-refractivity contribution is 5.53. The smallest absolute Gasteiger partial charge is 0.123 e. The highest BCUT2D eigenvalue weighted by Crippen LogP contribution is 2.30. The van der Waals surface area contributed by atoms with Gasteiger partial charge in [0.2, 0.25) is 0 Å². The highest BCUT2D eigenvalue weighted by Gasteiger charge is 2.22. The fourth-order valence-corrected chi connectivity index (χ4v) is 2.47. The molecule has 0 spiro atoms. The van der Waals surface area contributed by atoms with Gasteiger partial charge in [0.05, 0.1) is 0 Å². The minimum absolute atomic E-state index is 0.208. The van der Waals surface area contributed by atoms with Crippen LogP contribution < -0.4 is 0 Å². The van der Waals surface area contributed by atoms with Crippen molar-refractivity contribution in [3.05, 3.63) is 34.9 Å². The molecule has 0 aliphatic heterocycles. The van der Waals surface area contributed by atoms with E-state index < -0.39 is 0 Å². The number of rotatable bonds is 2. The molecule has 1 nitrogen and oxygen atoms in total. The van der Waals surface area contributed by atoms with Crippen molar-refractivity contribution in [3.8, 4) is 0 Å². The maximum atomic E-state index is 10.8. The summed E-state index contributed by atoms with van der Waals surface area (Å²) in [6.45, 7) is 4.18. The first-order chi connectivity index (χ1) is 7.20. The van der Waals surface area contributed by atoms with Gasteiger partial charge in [0, 0.05) is 5.92 Å². The Labute approximate surface area is 91.5 Å². The number of hydrogen-bond acceptors (Lipinski definition) is 1. The lowest BCUT2D eigenvalue weighted by molar-refractivity contribution is -0.112. The van der Waals surface area contributed by atoms with Gasteiger partial charge in [0.1, 0.15) is 6.29 Å². The number of carbonyl (C=O) groups is 1. The molecule has 1 aliphatic rings. The zero-order valence-corrected chi connectivity index (χ0v) is 9.49. The predicted octanol–water partition coefficient (Wildman–Crippen LogP) is 2.93. The summed E-state index contributed by atoms with van der Waals surface area (Å²) >= 11 is 0. The Kier molecular flexibility index (Phi) is 2.90. The Hall–Kier alpha value is -1.11. The van der Waals surface area contributed by atoms with E-state index in [0.717, 1.165) is 25.5 Å². The normalized spacial score (nSPS) is 21.9. The third-order valence-corrected chi connectivity index (χ3v) is 3.59. The zero-order valence-electron chi connectivity index (χ0n) is 9.49. The van der Waals surface area contributed by atoms with Crippen molar-refractivity contribution >= 4 is 6.29 Å². The van der Waals surface area contributed by atoms with E-state index >= 15 is 0 Å². The average Bonchev–Trinajstić information content (AvgIpc) is 2.27. The quantitative estimate of drug-likeness (QED) is 0.674. The van der Waals surface area contributed by atoms with Crippen molar-refractivity contribution in [2.75, 3.05) is 0 Å². The van der Waals surface area contributed by atoms with E-state index in [2.05, 4.69) is 25.1 Å². The van der Waals surface area contributed by atoms with Gasteiger partial charge in [-0.2, -0.15) is 0 Å². The van der Waals surface area contributed by atoms with Crippen LogP contribution in [0.1, 0.15) is 30.0 Å². The number of carbonyl (C=O) groups excluding carboxylic acids is 1. The zero-order chi connectivity index (χ0) is 10.8. The van der Waals surface area contributed by atoms with Crippen LogP contribution in [-0.2, 0) is 17.6 Å². The predicted molar refractivity (Wildman–Crippen MR) is 61.9 cm³/mol. The second-order valence-electron chi connectivity index (χ2n) is 4.77. The van der Waals surface area contributed by atoms with Crippen molar-refractivity contribution in [1.82, 2.24) is 0 Å². The summed E-state index contributed by atoms with van der Waals surface area (Å²) in [6.07, 6.45) is 4.48. The van der Waals surface area contributed by atoms with Gasteiger partial charge >= 0.3 is 0 Å². The molecule has 0 fully saturated rings. The third kappa shape index (κ3) is 2.11. The van der Waals surface area contributed by atoms with Crippen LogP contribution >= 0.6 is 0 Å². The molecule has 1 aliphatic carbocycles. The SMILES string of the molecule is Cc1ccc2c(c1)CCC(C(C)C=O)C2. The van der Waals surface area contributed by atoms with E-state index in [1.54, 1.807) is 0 Å². The van der Waals surface area contributed by atoms with Gasteiger partial charge in [-0.15, -0.1) is 0 Å². The van der Waals surface area contributed by atoms with Crippen molar-refractivity contribution in [2.45, 2.75) is 33.1 Å². The van der Waals surface area contributed by atoms with Gasteiger partial charge in [-0.05, 0) is 43.2 Å². The van der Waals surface area contributed by atoms with Crippen LogP contribution in [0.4, 0.5) is 0 Å². The fourth-order valence-electron chi connectivity index (χ4n) is 2.47. The Morgan fingerprint density at radius 1 is 1.40 bits per heavy atom. The van der Waals surface area contributed by atoms with Gasteiger partial charge in [-0.1, -0.05) is 30.7 Å². The Balaban J connectivity index is 2.20. The topological polar surface area (TPSA) is 17.1 Å². The Morgan fingerprint density at radius 3 is 2.93 bits per heavy atom. The molecule has 0 bridgehead atoms. The van der Waals surface area contributed by atoms with E-state index in [0.29, 0.717) is 5.92 Å². The molecule has 15 heavy (non-hydrogen) atoms. The van der Waals surface area contributed by atoms with Crippen LogP contribution in [0.5, 0.6) is 0 Å². The van der Waals surface area contributed by atoms with Gasteiger partial charge < -0.3 is 4.79 Å².